The number of aliphatic hydroxyl groups excluding tert-OH is 2. The van der Waals surface area contributed by atoms with E-state index in [4.69, 9.17) is 14.6 Å². The van der Waals surface area contributed by atoms with Crippen LogP contribution in [0.5, 0.6) is 0 Å². The highest BCUT2D eigenvalue weighted by Crippen LogP contribution is 2.12. The monoisotopic (exact) mass is 270 g/mol. The first-order valence-corrected chi connectivity index (χ1v) is 5.83. The molecule has 0 aliphatic carbocycles. The maximum absolute atomic E-state index is 11.8. The fourth-order valence-corrected chi connectivity index (χ4v) is 1.45. The van der Waals surface area contributed by atoms with Crippen molar-refractivity contribution in [1.82, 2.24) is 9.80 Å². The molecule has 2 amide bonds. The SMILES string of the molecule is CN(CCO)C(=O)c1ccc(C(=O)N(C)CCO)o1. The minimum atomic E-state index is -0.405. The summed E-state index contributed by atoms with van der Waals surface area (Å²) in [6, 6.07) is 2.83. The van der Waals surface area contributed by atoms with E-state index in [1.165, 1.54) is 36.0 Å². The summed E-state index contributed by atoms with van der Waals surface area (Å²) < 4.78 is 5.20. The molecule has 1 aromatic rings. The van der Waals surface area contributed by atoms with Crippen LogP contribution in [-0.4, -0.2) is 72.2 Å². The number of carbonyl (C=O) groups excluding carboxylic acids is 2. The van der Waals surface area contributed by atoms with E-state index in [1.807, 2.05) is 0 Å². The topological polar surface area (TPSA) is 94.2 Å². The third kappa shape index (κ3) is 3.80. The smallest absolute Gasteiger partial charge is 0.289 e. The van der Waals surface area contributed by atoms with Gasteiger partial charge in [0.25, 0.3) is 11.8 Å². The first kappa shape index (κ1) is 15.2. The van der Waals surface area contributed by atoms with Crippen molar-refractivity contribution in [2.45, 2.75) is 0 Å². The quantitative estimate of drug-likeness (QED) is 0.720. The van der Waals surface area contributed by atoms with Gasteiger partial charge >= 0.3 is 0 Å². The summed E-state index contributed by atoms with van der Waals surface area (Å²) in [6.07, 6.45) is 0. The van der Waals surface area contributed by atoms with Gasteiger partial charge in [0.2, 0.25) is 0 Å². The number of nitrogens with zero attached hydrogens (tertiary/aromatic N) is 2. The molecule has 106 valence electrons. The van der Waals surface area contributed by atoms with Crippen LogP contribution in [0.25, 0.3) is 0 Å². The van der Waals surface area contributed by atoms with Crippen LogP contribution in [0.4, 0.5) is 0 Å². The molecule has 7 nitrogen and oxygen atoms in total. The van der Waals surface area contributed by atoms with Crippen molar-refractivity contribution in [3.63, 3.8) is 0 Å². The lowest BCUT2D eigenvalue weighted by Crippen LogP contribution is -2.30. The van der Waals surface area contributed by atoms with Gasteiger partial charge < -0.3 is 24.4 Å². The zero-order chi connectivity index (χ0) is 14.4. The molecule has 2 N–H and O–H groups in total. The van der Waals surface area contributed by atoms with Gasteiger partial charge in [0, 0.05) is 27.2 Å². The fraction of sp³-hybridized carbons (Fsp3) is 0.500. The van der Waals surface area contributed by atoms with Gasteiger partial charge in [-0.05, 0) is 12.1 Å². The lowest BCUT2D eigenvalue weighted by atomic mass is 10.3. The van der Waals surface area contributed by atoms with E-state index >= 15 is 0 Å². The molecule has 0 unspecified atom stereocenters. The first-order chi connectivity index (χ1) is 9.01. The average molecular weight is 270 g/mol. The Balaban J connectivity index is 2.76. The molecule has 0 saturated carbocycles. The third-order valence-electron chi connectivity index (χ3n) is 2.59. The molecule has 0 aliphatic heterocycles. The molecule has 1 heterocycles. The Hall–Kier alpha value is -1.86. The van der Waals surface area contributed by atoms with Gasteiger partial charge in [-0.25, -0.2) is 0 Å². The summed E-state index contributed by atoms with van der Waals surface area (Å²) in [6.45, 7) is 0.0857. The van der Waals surface area contributed by atoms with Gasteiger partial charge in [0.15, 0.2) is 11.5 Å². The summed E-state index contributed by atoms with van der Waals surface area (Å²) in [7, 11) is 3.06. The van der Waals surface area contributed by atoms with Crippen molar-refractivity contribution in [3.05, 3.63) is 23.7 Å². The van der Waals surface area contributed by atoms with Gasteiger partial charge in [-0.15, -0.1) is 0 Å². The summed E-state index contributed by atoms with van der Waals surface area (Å²) in [5.41, 5.74) is 0. The molecule has 0 fully saturated rings. The largest absolute Gasteiger partial charge is 0.446 e. The van der Waals surface area contributed by atoms with Crippen molar-refractivity contribution < 1.29 is 24.2 Å². The van der Waals surface area contributed by atoms with Crippen molar-refractivity contribution in [1.29, 1.82) is 0 Å². The number of carbonyl (C=O) groups is 2. The van der Waals surface area contributed by atoms with Crippen LogP contribution in [-0.2, 0) is 0 Å². The second-order valence-corrected chi connectivity index (χ2v) is 4.06. The second kappa shape index (κ2) is 6.91. The minimum absolute atomic E-state index is 0.0386. The number of aliphatic hydroxyl groups is 2. The molecule has 0 bridgehead atoms. The van der Waals surface area contributed by atoms with E-state index in [1.54, 1.807) is 0 Å². The predicted molar refractivity (Wildman–Crippen MR) is 66.8 cm³/mol. The van der Waals surface area contributed by atoms with Crippen molar-refractivity contribution in [3.8, 4) is 0 Å². The standard InChI is InChI=1S/C12H18N2O5/c1-13(5-7-15)11(17)9-3-4-10(19-9)12(18)14(2)6-8-16/h3-4,15-16H,5-8H2,1-2H3. The Bertz CT molecular complexity index is 405. The van der Waals surface area contributed by atoms with Crippen molar-refractivity contribution in [2.24, 2.45) is 0 Å². The maximum atomic E-state index is 11.8. The number of amides is 2. The van der Waals surface area contributed by atoms with Gasteiger partial charge in [-0.2, -0.15) is 0 Å². The van der Waals surface area contributed by atoms with E-state index in [0.29, 0.717) is 0 Å². The first-order valence-electron chi connectivity index (χ1n) is 5.83. The molecule has 7 heteroatoms. The van der Waals surface area contributed by atoms with E-state index < -0.39 is 11.8 Å². The number of furan rings is 1. The lowest BCUT2D eigenvalue weighted by molar-refractivity contribution is 0.0704. The van der Waals surface area contributed by atoms with E-state index in [2.05, 4.69) is 0 Å². The lowest BCUT2D eigenvalue weighted by Gasteiger charge is -2.14. The van der Waals surface area contributed by atoms with Crippen LogP contribution < -0.4 is 0 Å². The van der Waals surface area contributed by atoms with E-state index in [-0.39, 0.29) is 37.8 Å². The van der Waals surface area contributed by atoms with Gasteiger partial charge in [0.05, 0.1) is 13.2 Å². The Morgan fingerprint density at radius 3 is 1.68 bits per heavy atom. The molecule has 0 radical (unpaired) electrons. The highest BCUT2D eigenvalue weighted by atomic mass is 16.4. The second-order valence-electron chi connectivity index (χ2n) is 4.06. The van der Waals surface area contributed by atoms with Gasteiger partial charge in [-0.1, -0.05) is 0 Å². The summed E-state index contributed by atoms with van der Waals surface area (Å²) in [4.78, 5) is 26.2. The van der Waals surface area contributed by atoms with Crippen LogP contribution in [0.15, 0.2) is 16.5 Å². The molecule has 19 heavy (non-hydrogen) atoms. The molecule has 0 saturated heterocycles. The predicted octanol–water partition coefficient (Wildman–Crippen LogP) is -0.592. The van der Waals surface area contributed by atoms with E-state index in [9.17, 15) is 9.59 Å². The summed E-state index contributed by atoms with van der Waals surface area (Å²) in [5, 5.41) is 17.5. The number of rotatable bonds is 6. The Labute approximate surface area is 111 Å². The molecular formula is C12H18N2O5. The molecule has 1 rings (SSSR count). The summed E-state index contributed by atoms with van der Waals surface area (Å²) in [5.74, 6) is -0.732. The Morgan fingerprint density at radius 2 is 1.37 bits per heavy atom. The fourth-order valence-electron chi connectivity index (χ4n) is 1.45. The molecule has 0 aromatic carbocycles. The maximum Gasteiger partial charge on any atom is 0.289 e. The Morgan fingerprint density at radius 1 is 1.00 bits per heavy atom. The Kier molecular flexibility index (Phi) is 5.53. The molecule has 0 spiro atoms. The molecular weight excluding hydrogens is 252 g/mol. The highest BCUT2D eigenvalue weighted by Gasteiger charge is 2.20. The molecule has 1 aromatic heterocycles. The van der Waals surface area contributed by atoms with Gasteiger partial charge in [-0.3, -0.25) is 9.59 Å². The van der Waals surface area contributed by atoms with Crippen LogP contribution in [0, 0.1) is 0 Å². The zero-order valence-corrected chi connectivity index (χ0v) is 11.0. The normalized spacial score (nSPS) is 10.3. The highest BCUT2D eigenvalue weighted by molar-refractivity contribution is 5.95. The number of hydrogen-bond acceptors (Lipinski definition) is 5. The number of hydrogen-bond donors (Lipinski definition) is 2. The zero-order valence-electron chi connectivity index (χ0n) is 11.0. The molecule has 0 atom stereocenters. The molecule has 0 aliphatic rings. The van der Waals surface area contributed by atoms with Crippen molar-refractivity contribution >= 4 is 11.8 Å². The third-order valence-corrected chi connectivity index (χ3v) is 2.59. The van der Waals surface area contributed by atoms with Crippen LogP contribution in [0.1, 0.15) is 21.1 Å². The van der Waals surface area contributed by atoms with Crippen LogP contribution in [0.2, 0.25) is 0 Å². The van der Waals surface area contributed by atoms with Crippen LogP contribution >= 0.6 is 0 Å². The number of likely N-dealkylation sites (N-methyl/N-ethyl adjacent to an activating group) is 2. The van der Waals surface area contributed by atoms with Gasteiger partial charge in [0.1, 0.15) is 0 Å². The van der Waals surface area contributed by atoms with Crippen LogP contribution in [0.3, 0.4) is 0 Å². The summed E-state index contributed by atoms with van der Waals surface area (Å²) >= 11 is 0. The average Bonchev–Trinajstić information content (AvgIpc) is 2.87. The van der Waals surface area contributed by atoms with E-state index in [0.717, 1.165) is 0 Å². The minimum Gasteiger partial charge on any atom is -0.446 e. The van der Waals surface area contributed by atoms with Crippen molar-refractivity contribution in [2.75, 3.05) is 40.4 Å².